The van der Waals surface area contributed by atoms with Gasteiger partial charge in [0.15, 0.2) is 0 Å². The molecule has 2 aliphatic rings. The average molecular weight is 224 g/mol. The van der Waals surface area contributed by atoms with Crippen LogP contribution in [0.5, 0.6) is 0 Å². The molecule has 1 aliphatic heterocycles. The molecule has 3 unspecified atom stereocenters. The Morgan fingerprint density at radius 1 is 1.31 bits per heavy atom. The third kappa shape index (κ3) is 2.20. The molecule has 0 spiro atoms. The van der Waals surface area contributed by atoms with Crippen molar-refractivity contribution in [2.75, 3.05) is 13.1 Å². The van der Waals surface area contributed by atoms with Gasteiger partial charge < -0.3 is 4.90 Å². The maximum Gasteiger partial charge on any atom is 0.324 e. The smallest absolute Gasteiger partial charge is 0.323 e. The quantitative estimate of drug-likeness (QED) is 0.774. The van der Waals surface area contributed by atoms with E-state index in [-0.39, 0.29) is 17.9 Å². The summed E-state index contributed by atoms with van der Waals surface area (Å²) in [5.41, 5.74) is 0. The van der Waals surface area contributed by atoms with E-state index in [1.807, 2.05) is 6.92 Å². The molecule has 0 aromatic rings. The summed E-state index contributed by atoms with van der Waals surface area (Å²) in [4.78, 5) is 24.7. The highest BCUT2D eigenvalue weighted by atomic mass is 16.2. The first kappa shape index (κ1) is 11.4. The molecule has 3 amide bonds. The SMILES string of the molecule is CC1CN(CC2CCCC2C)C(=O)NC1=O. The second kappa shape index (κ2) is 4.44. The predicted molar refractivity (Wildman–Crippen MR) is 60.8 cm³/mol. The maximum atomic E-state index is 11.6. The minimum absolute atomic E-state index is 0.0746. The van der Waals surface area contributed by atoms with Gasteiger partial charge in [-0.2, -0.15) is 0 Å². The molecule has 1 N–H and O–H groups in total. The van der Waals surface area contributed by atoms with Gasteiger partial charge >= 0.3 is 6.03 Å². The topological polar surface area (TPSA) is 49.4 Å². The van der Waals surface area contributed by atoms with E-state index in [4.69, 9.17) is 0 Å². The Labute approximate surface area is 96.4 Å². The van der Waals surface area contributed by atoms with Gasteiger partial charge in [0.05, 0.1) is 5.92 Å². The molecule has 1 saturated heterocycles. The summed E-state index contributed by atoms with van der Waals surface area (Å²) in [6, 6.07) is -0.206. The van der Waals surface area contributed by atoms with Crippen molar-refractivity contribution >= 4 is 11.9 Å². The molecule has 90 valence electrons. The lowest BCUT2D eigenvalue weighted by molar-refractivity contribution is -0.125. The van der Waals surface area contributed by atoms with Gasteiger partial charge in [-0.25, -0.2) is 4.79 Å². The summed E-state index contributed by atoms with van der Waals surface area (Å²) in [6.45, 7) is 5.51. The van der Waals surface area contributed by atoms with Crippen molar-refractivity contribution in [1.82, 2.24) is 10.2 Å². The van der Waals surface area contributed by atoms with Crippen LogP contribution in [0.3, 0.4) is 0 Å². The summed E-state index contributed by atoms with van der Waals surface area (Å²) in [6.07, 6.45) is 3.76. The van der Waals surface area contributed by atoms with E-state index in [0.717, 1.165) is 6.54 Å². The van der Waals surface area contributed by atoms with Crippen molar-refractivity contribution in [3.05, 3.63) is 0 Å². The molecule has 3 atom stereocenters. The summed E-state index contributed by atoms with van der Waals surface area (Å²) < 4.78 is 0. The van der Waals surface area contributed by atoms with Gasteiger partial charge in [-0.1, -0.05) is 26.7 Å². The summed E-state index contributed by atoms with van der Waals surface area (Å²) in [7, 11) is 0. The number of hydrogen-bond acceptors (Lipinski definition) is 2. The van der Waals surface area contributed by atoms with Crippen LogP contribution in [0.25, 0.3) is 0 Å². The van der Waals surface area contributed by atoms with Crippen LogP contribution in [0.1, 0.15) is 33.1 Å². The summed E-state index contributed by atoms with van der Waals surface area (Å²) >= 11 is 0. The van der Waals surface area contributed by atoms with E-state index in [9.17, 15) is 9.59 Å². The molecular formula is C12H20N2O2. The van der Waals surface area contributed by atoms with Crippen LogP contribution in [-0.2, 0) is 4.79 Å². The largest absolute Gasteiger partial charge is 0.324 e. The molecule has 0 bridgehead atoms. The van der Waals surface area contributed by atoms with Crippen LogP contribution in [0.15, 0.2) is 0 Å². The molecule has 0 aromatic carbocycles. The number of nitrogens with zero attached hydrogens (tertiary/aromatic N) is 1. The van der Waals surface area contributed by atoms with Gasteiger partial charge in [0.2, 0.25) is 5.91 Å². The van der Waals surface area contributed by atoms with Gasteiger partial charge in [-0.15, -0.1) is 0 Å². The Kier molecular flexibility index (Phi) is 3.17. The molecule has 0 radical (unpaired) electrons. The van der Waals surface area contributed by atoms with Gasteiger partial charge in [0.1, 0.15) is 0 Å². The van der Waals surface area contributed by atoms with Gasteiger partial charge in [-0.3, -0.25) is 10.1 Å². The van der Waals surface area contributed by atoms with Gasteiger partial charge in [-0.05, 0) is 18.3 Å². The third-order valence-electron chi connectivity index (χ3n) is 3.95. The van der Waals surface area contributed by atoms with Crippen LogP contribution >= 0.6 is 0 Å². The minimum Gasteiger partial charge on any atom is -0.323 e. The lowest BCUT2D eigenvalue weighted by Crippen LogP contribution is -2.54. The van der Waals surface area contributed by atoms with Crippen LogP contribution < -0.4 is 5.32 Å². The predicted octanol–water partition coefficient (Wildman–Crippen LogP) is 1.61. The van der Waals surface area contributed by atoms with Gasteiger partial charge in [0, 0.05) is 13.1 Å². The molecule has 1 heterocycles. The van der Waals surface area contributed by atoms with E-state index < -0.39 is 0 Å². The first-order valence-corrected chi connectivity index (χ1v) is 6.17. The fraction of sp³-hybridized carbons (Fsp3) is 0.833. The lowest BCUT2D eigenvalue weighted by atomic mass is 9.97. The normalized spacial score (nSPS) is 35.4. The molecule has 4 heteroatoms. The van der Waals surface area contributed by atoms with Crippen LogP contribution in [0, 0.1) is 17.8 Å². The minimum atomic E-state index is -0.206. The molecular weight excluding hydrogens is 204 g/mol. The zero-order valence-corrected chi connectivity index (χ0v) is 10.0. The van der Waals surface area contributed by atoms with Crippen molar-refractivity contribution in [2.45, 2.75) is 33.1 Å². The molecule has 4 nitrogen and oxygen atoms in total. The van der Waals surface area contributed by atoms with Crippen molar-refractivity contribution in [1.29, 1.82) is 0 Å². The van der Waals surface area contributed by atoms with E-state index in [0.29, 0.717) is 18.4 Å². The second-order valence-corrected chi connectivity index (χ2v) is 5.27. The number of amides is 3. The Morgan fingerprint density at radius 3 is 2.69 bits per heavy atom. The molecule has 0 aromatic heterocycles. The van der Waals surface area contributed by atoms with E-state index in [1.165, 1.54) is 19.3 Å². The fourth-order valence-corrected chi connectivity index (χ4v) is 2.74. The second-order valence-electron chi connectivity index (χ2n) is 5.27. The van der Waals surface area contributed by atoms with Gasteiger partial charge in [0.25, 0.3) is 0 Å². The van der Waals surface area contributed by atoms with Crippen molar-refractivity contribution in [3.63, 3.8) is 0 Å². The Hall–Kier alpha value is -1.06. The number of urea groups is 1. The average Bonchev–Trinajstić information content (AvgIpc) is 2.61. The fourth-order valence-electron chi connectivity index (χ4n) is 2.74. The highest BCUT2D eigenvalue weighted by Gasteiger charge is 2.33. The first-order valence-electron chi connectivity index (χ1n) is 6.17. The highest BCUT2D eigenvalue weighted by molar-refractivity contribution is 5.97. The third-order valence-corrected chi connectivity index (χ3v) is 3.95. The van der Waals surface area contributed by atoms with E-state index in [2.05, 4.69) is 12.2 Å². The number of hydrogen-bond donors (Lipinski definition) is 1. The van der Waals surface area contributed by atoms with Crippen molar-refractivity contribution in [2.24, 2.45) is 17.8 Å². The van der Waals surface area contributed by atoms with E-state index >= 15 is 0 Å². The highest BCUT2D eigenvalue weighted by Crippen LogP contribution is 2.32. The van der Waals surface area contributed by atoms with E-state index in [1.54, 1.807) is 4.90 Å². The zero-order chi connectivity index (χ0) is 11.7. The Balaban J connectivity index is 1.94. The number of carbonyl (C=O) groups excluding carboxylic acids is 2. The molecule has 1 saturated carbocycles. The first-order chi connectivity index (χ1) is 7.58. The summed E-state index contributed by atoms with van der Waals surface area (Å²) in [5.74, 6) is 1.11. The maximum absolute atomic E-state index is 11.6. The van der Waals surface area contributed by atoms with Crippen molar-refractivity contribution in [3.8, 4) is 0 Å². The number of rotatable bonds is 2. The zero-order valence-electron chi connectivity index (χ0n) is 10.0. The van der Waals surface area contributed by atoms with Crippen LogP contribution in [0.2, 0.25) is 0 Å². The molecule has 1 aliphatic carbocycles. The Morgan fingerprint density at radius 2 is 2.06 bits per heavy atom. The summed E-state index contributed by atoms with van der Waals surface area (Å²) in [5, 5.41) is 2.42. The monoisotopic (exact) mass is 224 g/mol. The number of carbonyl (C=O) groups is 2. The number of imide groups is 1. The standard InChI is InChI=1S/C12H20N2O2/c1-8-4-3-5-10(8)7-14-6-9(2)11(15)13-12(14)16/h8-10H,3-7H2,1-2H3,(H,13,15,16). The Bertz CT molecular complexity index is 303. The van der Waals surface area contributed by atoms with Crippen LogP contribution in [-0.4, -0.2) is 29.9 Å². The molecule has 2 rings (SSSR count). The lowest BCUT2D eigenvalue weighted by Gasteiger charge is -2.33. The molecule has 2 fully saturated rings. The number of nitrogens with one attached hydrogen (secondary N) is 1. The molecule has 16 heavy (non-hydrogen) atoms. The van der Waals surface area contributed by atoms with Crippen LogP contribution in [0.4, 0.5) is 4.79 Å². The van der Waals surface area contributed by atoms with Crippen molar-refractivity contribution < 1.29 is 9.59 Å².